The summed E-state index contributed by atoms with van der Waals surface area (Å²) in [5.74, 6) is -0.667. The predicted octanol–water partition coefficient (Wildman–Crippen LogP) is 0.191. The molecule has 0 radical (unpaired) electrons. The maximum Gasteiger partial charge on any atom is 0.320 e. The van der Waals surface area contributed by atoms with Gasteiger partial charge >= 0.3 is 5.97 Å². The number of sulfonamides is 1. The van der Waals surface area contributed by atoms with E-state index in [9.17, 15) is 18.3 Å². The summed E-state index contributed by atoms with van der Waals surface area (Å²) in [6.45, 7) is 1.16. The van der Waals surface area contributed by atoms with Crippen LogP contribution in [0.4, 0.5) is 0 Å². The van der Waals surface area contributed by atoms with Gasteiger partial charge in [0.05, 0.1) is 18.1 Å². The zero-order valence-corrected chi connectivity index (χ0v) is 10.9. The van der Waals surface area contributed by atoms with Crippen molar-refractivity contribution in [1.82, 2.24) is 4.72 Å². The molecule has 0 fully saturated rings. The largest absolute Gasteiger partial charge is 0.468 e. The molecule has 1 aromatic rings. The maximum atomic E-state index is 11.8. The highest BCUT2D eigenvalue weighted by Gasteiger charge is 2.15. The second kappa shape index (κ2) is 5.94. The Bertz CT molecular complexity index is 507. The zero-order chi connectivity index (χ0) is 13.8. The van der Waals surface area contributed by atoms with Crippen molar-refractivity contribution in [2.75, 3.05) is 13.7 Å². The lowest BCUT2D eigenvalue weighted by atomic mass is 10.1. The van der Waals surface area contributed by atoms with Gasteiger partial charge in [0.1, 0.15) is 6.54 Å². The van der Waals surface area contributed by atoms with Gasteiger partial charge in [-0.15, -0.1) is 0 Å². The van der Waals surface area contributed by atoms with Gasteiger partial charge in [0.15, 0.2) is 0 Å². The highest BCUT2D eigenvalue weighted by Crippen LogP contribution is 2.15. The van der Waals surface area contributed by atoms with E-state index < -0.39 is 28.6 Å². The molecule has 100 valence electrons. The number of aliphatic hydroxyl groups is 1. The summed E-state index contributed by atoms with van der Waals surface area (Å²) in [7, 11) is -2.57. The van der Waals surface area contributed by atoms with Crippen LogP contribution in [0.1, 0.15) is 18.6 Å². The molecule has 2 N–H and O–H groups in total. The van der Waals surface area contributed by atoms with E-state index >= 15 is 0 Å². The summed E-state index contributed by atoms with van der Waals surface area (Å²) in [4.78, 5) is 10.9. The summed E-state index contributed by atoms with van der Waals surface area (Å²) < 4.78 is 29.9. The SMILES string of the molecule is COC(=O)CNS(=O)(=O)c1ccc(C(C)O)cc1. The first kappa shape index (κ1) is 14.6. The van der Waals surface area contributed by atoms with Crippen molar-refractivity contribution in [3.05, 3.63) is 29.8 Å². The van der Waals surface area contributed by atoms with E-state index in [1.807, 2.05) is 0 Å². The van der Waals surface area contributed by atoms with Gasteiger partial charge in [-0.05, 0) is 24.6 Å². The molecule has 0 aliphatic carbocycles. The van der Waals surface area contributed by atoms with Crippen molar-refractivity contribution in [2.24, 2.45) is 0 Å². The molecule has 1 atom stereocenters. The van der Waals surface area contributed by atoms with E-state index in [2.05, 4.69) is 9.46 Å². The molecule has 1 aromatic carbocycles. The summed E-state index contributed by atoms with van der Waals surface area (Å²) in [6.07, 6.45) is -0.662. The minimum absolute atomic E-state index is 0.0239. The normalized spacial score (nSPS) is 13.1. The summed E-state index contributed by atoms with van der Waals surface area (Å²) >= 11 is 0. The number of rotatable bonds is 5. The Kier molecular flexibility index (Phi) is 4.83. The monoisotopic (exact) mass is 273 g/mol. The Morgan fingerprint density at radius 3 is 2.39 bits per heavy atom. The molecule has 0 heterocycles. The van der Waals surface area contributed by atoms with E-state index in [1.54, 1.807) is 6.92 Å². The first-order valence-corrected chi connectivity index (χ1v) is 6.69. The minimum atomic E-state index is -3.74. The van der Waals surface area contributed by atoms with E-state index in [0.29, 0.717) is 5.56 Å². The first-order chi connectivity index (χ1) is 8.36. The fourth-order valence-corrected chi connectivity index (χ4v) is 2.20. The molecule has 1 unspecified atom stereocenters. The molecule has 0 saturated heterocycles. The highest BCUT2D eigenvalue weighted by atomic mass is 32.2. The lowest BCUT2D eigenvalue weighted by Crippen LogP contribution is -2.30. The zero-order valence-electron chi connectivity index (χ0n) is 10.1. The average Bonchev–Trinajstić information content (AvgIpc) is 2.36. The van der Waals surface area contributed by atoms with Crippen LogP contribution in [0.2, 0.25) is 0 Å². The number of methoxy groups -OCH3 is 1. The predicted molar refractivity (Wildman–Crippen MR) is 64.3 cm³/mol. The van der Waals surface area contributed by atoms with Crippen LogP contribution >= 0.6 is 0 Å². The molecule has 0 amide bonds. The molecule has 1 rings (SSSR count). The average molecular weight is 273 g/mol. The smallest absolute Gasteiger partial charge is 0.320 e. The van der Waals surface area contributed by atoms with Crippen molar-refractivity contribution in [2.45, 2.75) is 17.9 Å². The van der Waals surface area contributed by atoms with Gasteiger partial charge < -0.3 is 9.84 Å². The fraction of sp³-hybridized carbons (Fsp3) is 0.364. The van der Waals surface area contributed by atoms with E-state index in [-0.39, 0.29) is 4.90 Å². The standard InChI is InChI=1S/C11H15NO5S/c1-8(13)9-3-5-10(6-4-9)18(15,16)12-7-11(14)17-2/h3-6,8,12-13H,7H2,1-2H3. The molecule has 18 heavy (non-hydrogen) atoms. The van der Waals surface area contributed by atoms with Gasteiger partial charge in [0.25, 0.3) is 0 Å². The van der Waals surface area contributed by atoms with Crippen molar-refractivity contribution in [1.29, 1.82) is 0 Å². The van der Waals surface area contributed by atoms with Crippen LogP contribution in [0.15, 0.2) is 29.2 Å². The van der Waals surface area contributed by atoms with E-state index in [1.165, 1.54) is 31.4 Å². The van der Waals surface area contributed by atoms with Crippen molar-refractivity contribution in [3.63, 3.8) is 0 Å². The minimum Gasteiger partial charge on any atom is -0.468 e. The Morgan fingerprint density at radius 1 is 1.39 bits per heavy atom. The third kappa shape index (κ3) is 3.80. The van der Waals surface area contributed by atoms with Crippen LogP contribution in [0.25, 0.3) is 0 Å². The summed E-state index contributed by atoms with van der Waals surface area (Å²) in [5, 5.41) is 9.30. The highest BCUT2D eigenvalue weighted by molar-refractivity contribution is 7.89. The van der Waals surface area contributed by atoms with Crippen LogP contribution < -0.4 is 4.72 Å². The van der Waals surface area contributed by atoms with Gasteiger partial charge in [-0.3, -0.25) is 4.79 Å². The van der Waals surface area contributed by atoms with Crippen LogP contribution in [-0.4, -0.2) is 33.1 Å². The van der Waals surface area contributed by atoms with Crippen LogP contribution in [0.3, 0.4) is 0 Å². The number of nitrogens with one attached hydrogen (secondary N) is 1. The Labute approximate surface area is 106 Å². The third-order valence-electron chi connectivity index (χ3n) is 2.31. The quantitative estimate of drug-likeness (QED) is 0.747. The Hall–Kier alpha value is -1.44. The maximum absolute atomic E-state index is 11.8. The summed E-state index contributed by atoms with van der Waals surface area (Å²) in [6, 6.07) is 5.75. The second-order valence-corrected chi connectivity index (χ2v) is 5.41. The number of carbonyl (C=O) groups excluding carboxylic acids is 1. The van der Waals surface area contributed by atoms with Gasteiger partial charge in [0, 0.05) is 0 Å². The van der Waals surface area contributed by atoms with Gasteiger partial charge in [-0.2, -0.15) is 4.72 Å². The number of hydrogen-bond donors (Lipinski definition) is 2. The molecule has 7 heteroatoms. The molecular formula is C11H15NO5S. The fourth-order valence-electron chi connectivity index (χ4n) is 1.23. The number of aliphatic hydroxyl groups excluding tert-OH is 1. The lowest BCUT2D eigenvalue weighted by molar-refractivity contribution is -0.139. The van der Waals surface area contributed by atoms with Crippen LogP contribution in [-0.2, 0) is 19.6 Å². The number of esters is 1. The van der Waals surface area contributed by atoms with Crippen LogP contribution in [0, 0.1) is 0 Å². The third-order valence-corrected chi connectivity index (χ3v) is 3.72. The second-order valence-electron chi connectivity index (χ2n) is 3.65. The molecule has 0 aliphatic heterocycles. The lowest BCUT2D eigenvalue weighted by Gasteiger charge is -2.08. The number of carbonyl (C=O) groups is 1. The molecule has 6 nitrogen and oxygen atoms in total. The van der Waals surface area contributed by atoms with Gasteiger partial charge in [-0.25, -0.2) is 8.42 Å². The molecule has 0 bridgehead atoms. The van der Waals surface area contributed by atoms with Crippen LogP contribution in [0.5, 0.6) is 0 Å². The number of hydrogen-bond acceptors (Lipinski definition) is 5. The van der Waals surface area contributed by atoms with Gasteiger partial charge in [0.2, 0.25) is 10.0 Å². The van der Waals surface area contributed by atoms with Crippen molar-refractivity contribution in [3.8, 4) is 0 Å². The summed E-state index contributed by atoms with van der Waals surface area (Å²) in [5.41, 5.74) is 0.613. The van der Waals surface area contributed by atoms with E-state index in [0.717, 1.165) is 0 Å². The topological polar surface area (TPSA) is 92.7 Å². The Balaban J connectivity index is 2.82. The van der Waals surface area contributed by atoms with Gasteiger partial charge in [-0.1, -0.05) is 12.1 Å². The molecule has 0 aliphatic rings. The Morgan fingerprint density at radius 2 is 1.94 bits per heavy atom. The van der Waals surface area contributed by atoms with Crippen molar-refractivity contribution < 1.29 is 23.1 Å². The molecule has 0 saturated carbocycles. The van der Waals surface area contributed by atoms with Crippen molar-refractivity contribution >= 4 is 16.0 Å². The number of ether oxygens (including phenoxy) is 1. The molecule has 0 spiro atoms. The van der Waals surface area contributed by atoms with E-state index in [4.69, 9.17) is 0 Å². The molecular weight excluding hydrogens is 258 g/mol. The molecule has 0 aromatic heterocycles. The number of benzene rings is 1. The first-order valence-electron chi connectivity index (χ1n) is 5.21.